The summed E-state index contributed by atoms with van der Waals surface area (Å²) >= 11 is 0. The van der Waals surface area contributed by atoms with Crippen LogP contribution in [0.4, 0.5) is 10.1 Å². The highest BCUT2D eigenvalue weighted by Gasteiger charge is 2.27. The van der Waals surface area contributed by atoms with Gasteiger partial charge in [-0.25, -0.2) is 13.9 Å². The molecule has 0 amide bonds. The molecule has 0 saturated carbocycles. The van der Waals surface area contributed by atoms with Crippen molar-refractivity contribution >= 4 is 5.69 Å². The molecule has 0 aliphatic carbocycles. The number of nitrogens with zero attached hydrogens (tertiary/aromatic N) is 6. The fourth-order valence-corrected chi connectivity index (χ4v) is 4.71. The highest BCUT2D eigenvalue weighted by atomic mass is 19.1. The molecule has 1 saturated heterocycles. The second-order valence-corrected chi connectivity index (χ2v) is 8.80. The van der Waals surface area contributed by atoms with E-state index in [9.17, 15) is 4.39 Å². The fourth-order valence-electron chi connectivity index (χ4n) is 4.71. The van der Waals surface area contributed by atoms with E-state index in [1.807, 2.05) is 50.2 Å². The van der Waals surface area contributed by atoms with Gasteiger partial charge in [-0.2, -0.15) is 5.26 Å². The van der Waals surface area contributed by atoms with Crippen molar-refractivity contribution in [1.82, 2.24) is 24.5 Å². The molecule has 7 nitrogen and oxygen atoms in total. The smallest absolute Gasteiger partial charge is 0.199 e. The molecule has 1 fully saturated rings. The summed E-state index contributed by atoms with van der Waals surface area (Å²) in [7, 11) is 5.69. The van der Waals surface area contributed by atoms with Crippen molar-refractivity contribution in [2.45, 2.75) is 19.1 Å². The first-order chi connectivity index (χ1) is 16.5. The first-order valence-corrected chi connectivity index (χ1v) is 11.5. The predicted molar refractivity (Wildman–Crippen MR) is 132 cm³/mol. The lowest BCUT2D eigenvalue weighted by Crippen LogP contribution is -2.25. The lowest BCUT2D eigenvalue weighted by molar-refractivity contribution is 0.364. The maximum Gasteiger partial charge on any atom is 0.199 e. The number of nitrogens with one attached hydrogen (secondary N) is 1. The van der Waals surface area contributed by atoms with Gasteiger partial charge in [-0.3, -0.25) is 0 Å². The summed E-state index contributed by atoms with van der Waals surface area (Å²) in [6.07, 6.45) is 1.99. The van der Waals surface area contributed by atoms with E-state index in [0.29, 0.717) is 25.1 Å². The summed E-state index contributed by atoms with van der Waals surface area (Å²) in [6, 6.07) is 18.4. The van der Waals surface area contributed by atoms with Crippen LogP contribution in [-0.4, -0.2) is 52.5 Å². The van der Waals surface area contributed by atoms with E-state index >= 15 is 0 Å². The minimum absolute atomic E-state index is 0.465. The van der Waals surface area contributed by atoms with E-state index in [2.05, 4.69) is 61.1 Å². The Morgan fingerprint density at radius 2 is 1.85 bits per heavy atom. The van der Waals surface area contributed by atoms with Gasteiger partial charge in [-0.05, 0) is 68.0 Å². The number of rotatable bonds is 2. The quantitative estimate of drug-likeness (QED) is 0.436. The Labute approximate surface area is 198 Å². The van der Waals surface area contributed by atoms with Gasteiger partial charge in [0.2, 0.25) is 0 Å². The summed E-state index contributed by atoms with van der Waals surface area (Å²) < 4.78 is 18.1. The molecule has 174 valence electrons. The van der Waals surface area contributed by atoms with Crippen LogP contribution in [0.15, 0.2) is 54.7 Å². The van der Waals surface area contributed by atoms with Crippen molar-refractivity contribution in [3.8, 4) is 34.4 Å². The van der Waals surface area contributed by atoms with Crippen molar-refractivity contribution < 1.29 is 4.39 Å². The van der Waals surface area contributed by atoms with Gasteiger partial charge in [0.05, 0.1) is 23.0 Å². The normalized spacial score (nSPS) is 16.1. The Morgan fingerprint density at radius 3 is 2.50 bits per heavy atom. The first kappa shape index (κ1) is 22.0. The van der Waals surface area contributed by atoms with Gasteiger partial charge in [0.15, 0.2) is 5.82 Å². The van der Waals surface area contributed by atoms with Crippen LogP contribution in [0.2, 0.25) is 0 Å². The number of nitriles is 1. The number of halogens is 1. The van der Waals surface area contributed by atoms with Gasteiger partial charge in [0, 0.05) is 44.1 Å². The molecule has 2 aliphatic heterocycles. The Kier molecular flexibility index (Phi) is 5.72. The molecule has 2 aliphatic rings. The van der Waals surface area contributed by atoms with E-state index in [0.717, 1.165) is 40.6 Å². The lowest BCUT2D eigenvalue weighted by atomic mass is 10.1. The Balaban J connectivity index is 0.000000764. The van der Waals surface area contributed by atoms with Crippen molar-refractivity contribution in [2.75, 3.05) is 32.1 Å². The molecule has 8 heteroatoms. The number of benzene rings is 2. The average molecular weight is 458 g/mol. The standard InChI is InChI=1S/C24H21FN6.C2H7N/c1-28-27-24-23-11-18(17-4-2-16(12-26)3-5-17)13-30(23)14-19-10-21(6-7-22(19)31(24)28)29-9-8-20(25)15-29;1-3-2/h2-7,10-11,13,20H,8-9,14-15H2,1H3;3H,1-2H3/t20-;/m1./s1. The van der Waals surface area contributed by atoms with E-state index in [1.54, 1.807) is 0 Å². The number of alkyl halides is 1. The maximum atomic E-state index is 13.8. The summed E-state index contributed by atoms with van der Waals surface area (Å²) in [5, 5.41) is 16.5. The Morgan fingerprint density at radius 1 is 1.09 bits per heavy atom. The molecule has 4 heterocycles. The Bertz CT molecular complexity index is 1350. The molecular weight excluding hydrogens is 429 g/mol. The Hall–Kier alpha value is -3.83. The van der Waals surface area contributed by atoms with Crippen LogP contribution in [0.25, 0.3) is 28.3 Å². The first-order valence-electron chi connectivity index (χ1n) is 11.5. The molecule has 0 unspecified atom stereocenters. The van der Waals surface area contributed by atoms with Crippen LogP contribution in [0.5, 0.6) is 0 Å². The van der Waals surface area contributed by atoms with Crippen molar-refractivity contribution in [3.05, 3.63) is 65.9 Å². The van der Waals surface area contributed by atoms with Crippen LogP contribution < -0.4 is 10.2 Å². The molecule has 0 bridgehead atoms. The topological polar surface area (TPSA) is 66.7 Å². The molecule has 0 radical (unpaired) electrons. The second kappa shape index (κ2) is 8.84. The van der Waals surface area contributed by atoms with Gasteiger partial charge in [0.1, 0.15) is 6.17 Å². The molecular formula is C26H28FN7. The fraction of sp³-hybridized carbons (Fsp3) is 0.308. The number of aromatic nitrogens is 4. The minimum atomic E-state index is -0.745. The molecule has 34 heavy (non-hydrogen) atoms. The summed E-state index contributed by atoms with van der Waals surface area (Å²) in [5.74, 6) is 0.916. The molecule has 1 atom stereocenters. The zero-order valence-electron chi connectivity index (χ0n) is 19.7. The molecule has 1 N–H and O–H groups in total. The highest BCUT2D eigenvalue weighted by Crippen LogP contribution is 2.36. The van der Waals surface area contributed by atoms with Gasteiger partial charge in [-0.1, -0.05) is 12.1 Å². The summed E-state index contributed by atoms with van der Waals surface area (Å²) in [6.45, 7) is 1.94. The van der Waals surface area contributed by atoms with E-state index < -0.39 is 6.17 Å². The average Bonchev–Trinajstić information content (AvgIpc) is 3.43. The monoisotopic (exact) mass is 457 g/mol. The third kappa shape index (κ3) is 3.78. The number of aryl methyl sites for hydroxylation is 1. The minimum Gasteiger partial charge on any atom is -0.368 e. The maximum absolute atomic E-state index is 13.8. The summed E-state index contributed by atoms with van der Waals surface area (Å²) in [5.41, 5.74) is 7.23. The molecule has 4 aromatic rings. The van der Waals surface area contributed by atoms with Gasteiger partial charge in [0.25, 0.3) is 0 Å². The van der Waals surface area contributed by atoms with Crippen LogP contribution >= 0.6 is 0 Å². The predicted octanol–water partition coefficient (Wildman–Crippen LogP) is 3.96. The number of hydrogen-bond acceptors (Lipinski definition) is 4. The lowest BCUT2D eigenvalue weighted by Gasteiger charge is -2.23. The number of hydrogen-bond donors (Lipinski definition) is 1. The van der Waals surface area contributed by atoms with Crippen LogP contribution in [-0.2, 0) is 13.6 Å². The van der Waals surface area contributed by atoms with E-state index in [4.69, 9.17) is 5.26 Å². The van der Waals surface area contributed by atoms with Gasteiger partial charge < -0.3 is 14.8 Å². The zero-order chi connectivity index (χ0) is 23.8. The van der Waals surface area contributed by atoms with Gasteiger partial charge >= 0.3 is 0 Å². The molecule has 2 aromatic heterocycles. The van der Waals surface area contributed by atoms with Crippen LogP contribution in [0.1, 0.15) is 17.5 Å². The number of fused-ring (bicyclic) bond motifs is 5. The SMILES string of the molecule is CNC.Cn1nc2n1-c1ccc(N3CC[C@@H](F)C3)cc1Cn1cc(-c3ccc(C#N)cc3)cc1-2. The molecule has 6 rings (SSSR count). The van der Waals surface area contributed by atoms with E-state index in [1.165, 1.54) is 5.56 Å². The summed E-state index contributed by atoms with van der Waals surface area (Å²) in [4.78, 5) is 3.98. The van der Waals surface area contributed by atoms with Crippen molar-refractivity contribution in [2.24, 2.45) is 7.05 Å². The van der Waals surface area contributed by atoms with Crippen LogP contribution in [0.3, 0.4) is 0 Å². The highest BCUT2D eigenvalue weighted by molar-refractivity contribution is 5.72. The van der Waals surface area contributed by atoms with Crippen molar-refractivity contribution in [3.63, 3.8) is 0 Å². The third-order valence-electron chi connectivity index (χ3n) is 6.33. The van der Waals surface area contributed by atoms with E-state index in [-0.39, 0.29) is 0 Å². The third-order valence-corrected chi connectivity index (χ3v) is 6.33. The molecule has 0 spiro atoms. The van der Waals surface area contributed by atoms with Gasteiger partial charge in [-0.15, -0.1) is 5.10 Å². The van der Waals surface area contributed by atoms with Crippen molar-refractivity contribution in [1.29, 1.82) is 5.26 Å². The largest absolute Gasteiger partial charge is 0.368 e. The zero-order valence-corrected chi connectivity index (χ0v) is 19.7. The second-order valence-electron chi connectivity index (χ2n) is 8.80. The number of anilines is 1. The van der Waals surface area contributed by atoms with Crippen LogP contribution in [0, 0.1) is 11.3 Å². The molecule has 2 aromatic carbocycles.